The van der Waals surface area contributed by atoms with Crippen molar-refractivity contribution < 1.29 is 4.79 Å². The maximum Gasteiger partial charge on any atom is 0.147 e. The van der Waals surface area contributed by atoms with Crippen molar-refractivity contribution in [2.45, 2.75) is 19.8 Å². The highest BCUT2D eigenvalue weighted by Crippen LogP contribution is 2.29. The smallest absolute Gasteiger partial charge is 0.147 e. The molecule has 1 unspecified atom stereocenters. The van der Waals surface area contributed by atoms with Gasteiger partial charge in [-0.05, 0) is 41.8 Å². The highest BCUT2D eigenvalue weighted by Gasteiger charge is 2.25. The summed E-state index contributed by atoms with van der Waals surface area (Å²) < 4.78 is 0.867. The third-order valence-electron chi connectivity index (χ3n) is 3.08. The Balaban J connectivity index is 2.19. The van der Waals surface area contributed by atoms with Crippen molar-refractivity contribution >= 4 is 39.1 Å². The van der Waals surface area contributed by atoms with Crippen molar-refractivity contribution in [1.29, 1.82) is 0 Å². The average molecular weight is 318 g/mol. The number of halogens is 2. The minimum atomic E-state index is 0.116. The van der Waals surface area contributed by atoms with Crippen LogP contribution in [0.3, 0.4) is 0 Å². The van der Waals surface area contributed by atoms with Gasteiger partial charge in [0.15, 0.2) is 0 Å². The first-order valence-corrected chi connectivity index (χ1v) is 6.81. The summed E-state index contributed by atoms with van der Waals surface area (Å²) in [5, 5.41) is 0.628. The molecule has 0 saturated carbocycles. The van der Waals surface area contributed by atoms with Gasteiger partial charge >= 0.3 is 0 Å². The van der Waals surface area contributed by atoms with E-state index in [2.05, 4.69) is 25.8 Å². The molecule has 0 amide bonds. The lowest BCUT2D eigenvalue weighted by molar-refractivity contribution is -0.120. The molecule has 1 aromatic rings. The Morgan fingerprint density at radius 3 is 3.06 bits per heavy atom. The zero-order valence-corrected chi connectivity index (χ0v) is 12.0. The largest absolute Gasteiger partial charge is 0.355 e. The standard InChI is InChI=1S/C12H14BrClN2O/c1-8(17)9-3-2-4-16(7-9)12-11(14)5-10(13)6-15-12/h5-6,9H,2-4,7H2,1H3. The fourth-order valence-corrected chi connectivity index (χ4v) is 2.89. The number of carbonyl (C=O) groups excluding carboxylic acids is 1. The third kappa shape index (κ3) is 2.99. The van der Waals surface area contributed by atoms with Crippen LogP contribution < -0.4 is 4.90 Å². The van der Waals surface area contributed by atoms with Crippen molar-refractivity contribution in [2.75, 3.05) is 18.0 Å². The highest BCUT2D eigenvalue weighted by atomic mass is 79.9. The van der Waals surface area contributed by atoms with Gasteiger partial charge in [-0.25, -0.2) is 4.98 Å². The lowest BCUT2D eigenvalue weighted by Gasteiger charge is -2.32. The summed E-state index contributed by atoms with van der Waals surface area (Å²) in [5.41, 5.74) is 0. The van der Waals surface area contributed by atoms with Crippen LogP contribution in [0.2, 0.25) is 5.02 Å². The molecule has 1 aliphatic rings. The number of nitrogens with zero attached hydrogens (tertiary/aromatic N) is 2. The number of hydrogen-bond acceptors (Lipinski definition) is 3. The molecule has 0 aliphatic carbocycles. The first kappa shape index (κ1) is 12.8. The maximum atomic E-state index is 11.4. The van der Waals surface area contributed by atoms with Crippen LogP contribution in [0, 0.1) is 5.92 Å². The predicted octanol–water partition coefficient (Wildman–Crippen LogP) is 3.30. The number of piperidine rings is 1. The van der Waals surface area contributed by atoms with Gasteiger partial charge in [-0.15, -0.1) is 0 Å². The third-order valence-corrected chi connectivity index (χ3v) is 3.80. The summed E-state index contributed by atoms with van der Waals surface area (Å²) in [5.74, 6) is 1.15. The first-order chi connectivity index (χ1) is 8.08. The molecule has 0 aromatic carbocycles. The molecule has 17 heavy (non-hydrogen) atoms. The molecule has 0 spiro atoms. The monoisotopic (exact) mass is 316 g/mol. The Kier molecular flexibility index (Phi) is 4.05. The van der Waals surface area contributed by atoms with Gasteiger partial charge in [0.05, 0.1) is 5.02 Å². The van der Waals surface area contributed by atoms with Crippen LogP contribution in [-0.4, -0.2) is 23.9 Å². The molecule has 0 radical (unpaired) electrons. The van der Waals surface area contributed by atoms with Gasteiger partial charge in [0.25, 0.3) is 0 Å². The van der Waals surface area contributed by atoms with Gasteiger partial charge in [-0.3, -0.25) is 4.79 Å². The summed E-state index contributed by atoms with van der Waals surface area (Å²) in [6.07, 6.45) is 3.72. The molecule has 1 aliphatic heterocycles. The Bertz CT molecular complexity index is 439. The predicted molar refractivity (Wildman–Crippen MR) is 72.6 cm³/mol. The Morgan fingerprint density at radius 2 is 2.41 bits per heavy atom. The molecule has 3 nitrogen and oxygen atoms in total. The Morgan fingerprint density at radius 1 is 1.65 bits per heavy atom. The van der Waals surface area contributed by atoms with Gasteiger partial charge in [-0.1, -0.05) is 11.6 Å². The van der Waals surface area contributed by atoms with Crippen LogP contribution in [0.5, 0.6) is 0 Å². The molecule has 5 heteroatoms. The van der Waals surface area contributed by atoms with Gasteiger partial charge < -0.3 is 4.90 Å². The van der Waals surface area contributed by atoms with Gasteiger partial charge in [-0.2, -0.15) is 0 Å². The second-order valence-corrected chi connectivity index (χ2v) is 5.68. The summed E-state index contributed by atoms with van der Waals surface area (Å²) in [4.78, 5) is 17.9. The van der Waals surface area contributed by atoms with E-state index in [-0.39, 0.29) is 11.7 Å². The lowest BCUT2D eigenvalue weighted by Crippen LogP contribution is -2.38. The van der Waals surface area contributed by atoms with Crippen molar-refractivity contribution in [2.24, 2.45) is 5.92 Å². The van der Waals surface area contributed by atoms with E-state index in [0.717, 1.165) is 36.2 Å². The Hall–Kier alpha value is -0.610. The Labute approximate surface area is 114 Å². The first-order valence-electron chi connectivity index (χ1n) is 5.64. The minimum absolute atomic E-state index is 0.116. The topological polar surface area (TPSA) is 33.2 Å². The number of anilines is 1. The van der Waals surface area contributed by atoms with Crippen molar-refractivity contribution in [3.63, 3.8) is 0 Å². The number of ketones is 1. The zero-order chi connectivity index (χ0) is 12.4. The molecule has 2 heterocycles. The number of rotatable bonds is 2. The van der Waals surface area contributed by atoms with Gasteiger partial charge in [0.2, 0.25) is 0 Å². The number of pyridine rings is 1. The second kappa shape index (κ2) is 5.36. The zero-order valence-electron chi connectivity index (χ0n) is 9.62. The van der Waals surface area contributed by atoms with E-state index in [1.807, 2.05) is 6.07 Å². The summed E-state index contributed by atoms with van der Waals surface area (Å²) in [6.45, 7) is 3.30. The molecular weight excluding hydrogens is 304 g/mol. The summed E-state index contributed by atoms with van der Waals surface area (Å²) >= 11 is 9.51. The fourth-order valence-electron chi connectivity index (χ4n) is 2.14. The van der Waals surface area contributed by atoms with E-state index in [1.165, 1.54) is 0 Å². The number of hydrogen-bond donors (Lipinski definition) is 0. The van der Waals surface area contributed by atoms with Crippen LogP contribution >= 0.6 is 27.5 Å². The molecule has 0 N–H and O–H groups in total. The SMILES string of the molecule is CC(=O)C1CCCN(c2ncc(Br)cc2Cl)C1. The fraction of sp³-hybridized carbons (Fsp3) is 0.500. The van der Waals surface area contributed by atoms with Crippen LogP contribution in [0.1, 0.15) is 19.8 Å². The minimum Gasteiger partial charge on any atom is -0.355 e. The molecule has 92 valence electrons. The molecule has 0 bridgehead atoms. The van der Waals surface area contributed by atoms with E-state index in [4.69, 9.17) is 11.6 Å². The van der Waals surface area contributed by atoms with Crippen LogP contribution in [0.25, 0.3) is 0 Å². The van der Waals surface area contributed by atoms with E-state index in [1.54, 1.807) is 13.1 Å². The lowest BCUT2D eigenvalue weighted by atomic mass is 9.94. The molecule has 2 rings (SSSR count). The molecule has 1 atom stereocenters. The van der Waals surface area contributed by atoms with Gasteiger partial charge in [0, 0.05) is 29.7 Å². The highest BCUT2D eigenvalue weighted by molar-refractivity contribution is 9.10. The maximum absolute atomic E-state index is 11.4. The van der Waals surface area contributed by atoms with E-state index >= 15 is 0 Å². The molecule has 1 aromatic heterocycles. The summed E-state index contributed by atoms with van der Waals surface area (Å²) in [7, 11) is 0. The van der Waals surface area contributed by atoms with E-state index in [9.17, 15) is 4.79 Å². The number of aromatic nitrogens is 1. The van der Waals surface area contributed by atoms with Crippen LogP contribution in [0.4, 0.5) is 5.82 Å². The van der Waals surface area contributed by atoms with Crippen molar-refractivity contribution in [1.82, 2.24) is 4.98 Å². The van der Waals surface area contributed by atoms with Crippen LogP contribution in [-0.2, 0) is 4.79 Å². The van der Waals surface area contributed by atoms with E-state index < -0.39 is 0 Å². The number of Topliss-reactive ketones (excluding diaryl/α,β-unsaturated/α-hetero) is 1. The van der Waals surface area contributed by atoms with Crippen molar-refractivity contribution in [3.8, 4) is 0 Å². The molecule has 1 saturated heterocycles. The van der Waals surface area contributed by atoms with Crippen LogP contribution in [0.15, 0.2) is 16.7 Å². The number of carbonyl (C=O) groups is 1. The average Bonchev–Trinajstić information content (AvgIpc) is 2.29. The molecule has 1 fully saturated rings. The van der Waals surface area contributed by atoms with Crippen molar-refractivity contribution in [3.05, 3.63) is 21.8 Å². The van der Waals surface area contributed by atoms with E-state index in [0.29, 0.717) is 5.02 Å². The van der Waals surface area contributed by atoms with Gasteiger partial charge in [0.1, 0.15) is 11.6 Å². The normalized spacial score (nSPS) is 20.4. The summed E-state index contributed by atoms with van der Waals surface area (Å²) in [6, 6.07) is 1.83. The quantitative estimate of drug-likeness (QED) is 0.839. The molecular formula is C12H14BrClN2O. The second-order valence-electron chi connectivity index (χ2n) is 4.35.